The molecule has 21 heavy (non-hydrogen) atoms. The maximum atomic E-state index is 5.79. The van der Waals surface area contributed by atoms with Crippen LogP contribution >= 0.6 is 12.6 Å². The average molecular weight is 305 g/mol. The van der Waals surface area contributed by atoms with Crippen LogP contribution in [0.5, 0.6) is 6.01 Å². The molecule has 5 nitrogen and oxygen atoms in total. The smallest absolute Gasteiger partial charge is 0.335 e. The van der Waals surface area contributed by atoms with E-state index in [4.69, 9.17) is 9.47 Å². The van der Waals surface area contributed by atoms with Crippen LogP contribution in [0.4, 0.5) is 0 Å². The van der Waals surface area contributed by atoms with Crippen LogP contribution in [0.1, 0.15) is 12.8 Å². The second-order valence-corrected chi connectivity index (χ2v) is 5.68. The molecule has 0 amide bonds. The first kappa shape index (κ1) is 14.4. The molecule has 1 aliphatic heterocycles. The van der Waals surface area contributed by atoms with E-state index in [9.17, 15) is 0 Å². The number of nitrogens with zero attached hydrogens (tertiary/aromatic N) is 3. The molecule has 3 rings (SSSR count). The van der Waals surface area contributed by atoms with Crippen molar-refractivity contribution in [3.8, 4) is 11.7 Å². The molecule has 0 unspecified atom stereocenters. The van der Waals surface area contributed by atoms with Gasteiger partial charge in [-0.25, -0.2) is 4.68 Å². The van der Waals surface area contributed by atoms with Crippen molar-refractivity contribution in [1.29, 1.82) is 0 Å². The molecule has 2 heterocycles. The molecular weight excluding hydrogens is 286 g/mol. The van der Waals surface area contributed by atoms with Crippen molar-refractivity contribution in [3.05, 3.63) is 36.7 Å². The van der Waals surface area contributed by atoms with E-state index in [0.717, 1.165) is 37.5 Å². The molecule has 0 saturated carbocycles. The van der Waals surface area contributed by atoms with Gasteiger partial charge in [-0.05, 0) is 30.7 Å². The summed E-state index contributed by atoms with van der Waals surface area (Å²) in [5.74, 6) is 0.787. The van der Waals surface area contributed by atoms with E-state index in [-0.39, 0.29) is 5.41 Å². The molecule has 0 atom stereocenters. The number of aromatic nitrogens is 3. The quantitative estimate of drug-likeness (QED) is 0.862. The van der Waals surface area contributed by atoms with E-state index in [0.29, 0.717) is 12.6 Å². The van der Waals surface area contributed by atoms with Gasteiger partial charge in [0.05, 0.1) is 12.3 Å². The monoisotopic (exact) mass is 305 g/mol. The van der Waals surface area contributed by atoms with Crippen molar-refractivity contribution in [2.75, 3.05) is 25.6 Å². The van der Waals surface area contributed by atoms with Crippen molar-refractivity contribution in [2.24, 2.45) is 5.41 Å². The van der Waals surface area contributed by atoms with E-state index in [1.807, 2.05) is 30.3 Å². The Morgan fingerprint density at radius 3 is 2.71 bits per heavy atom. The first-order valence-corrected chi connectivity index (χ1v) is 7.73. The molecule has 0 N–H and O–H groups in total. The Labute approximate surface area is 129 Å². The molecule has 0 bridgehead atoms. The zero-order chi connectivity index (χ0) is 14.5. The number of para-hydroxylation sites is 1. The minimum absolute atomic E-state index is 0.0690. The van der Waals surface area contributed by atoms with Crippen molar-refractivity contribution in [1.82, 2.24) is 14.8 Å². The summed E-state index contributed by atoms with van der Waals surface area (Å²) in [4.78, 5) is 4.22. The lowest BCUT2D eigenvalue weighted by atomic mass is 9.83. The first-order valence-electron chi connectivity index (χ1n) is 7.10. The Hall–Kier alpha value is -1.53. The summed E-state index contributed by atoms with van der Waals surface area (Å²) in [6, 6.07) is 10.3. The van der Waals surface area contributed by atoms with Crippen LogP contribution in [0, 0.1) is 5.41 Å². The Kier molecular flexibility index (Phi) is 4.45. The Morgan fingerprint density at radius 1 is 1.24 bits per heavy atom. The van der Waals surface area contributed by atoms with Gasteiger partial charge in [0.2, 0.25) is 0 Å². The minimum atomic E-state index is 0.0690. The number of ether oxygens (including phenoxy) is 2. The summed E-state index contributed by atoms with van der Waals surface area (Å²) in [6.07, 6.45) is 3.60. The second-order valence-electron chi connectivity index (χ2n) is 5.37. The number of hydrogen-bond acceptors (Lipinski definition) is 5. The molecule has 1 fully saturated rings. The zero-order valence-electron chi connectivity index (χ0n) is 11.8. The summed E-state index contributed by atoms with van der Waals surface area (Å²) in [5, 5.41) is 4.36. The molecular formula is C15H19N3O2S. The highest BCUT2D eigenvalue weighted by atomic mass is 32.1. The van der Waals surface area contributed by atoms with Gasteiger partial charge in [-0.3, -0.25) is 0 Å². The highest BCUT2D eigenvalue weighted by molar-refractivity contribution is 7.80. The molecule has 0 radical (unpaired) electrons. The molecule has 1 aliphatic rings. The SMILES string of the molecule is SCC1(COc2ncn(-c3ccccc3)n2)CCOCC1. The van der Waals surface area contributed by atoms with Crippen LogP contribution in [0.15, 0.2) is 36.7 Å². The van der Waals surface area contributed by atoms with Crippen LogP contribution in [0.2, 0.25) is 0 Å². The normalized spacial score (nSPS) is 17.6. The summed E-state index contributed by atoms with van der Waals surface area (Å²) in [7, 11) is 0. The van der Waals surface area contributed by atoms with Gasteiger partial charge in [-0.15, -0.1) is 5.10 Å². The van der Waals surface area contributed by atoms with E-state index < -0.39 is 0 Å². The molecule has 0 spiro atoms. The van der Waals surface area contributed by atoms with Crippen molar-refractivity contribution < 1.29 is 9.47 Å². The molecule has 1 aromatic carbocycles. The largest absolute Gasteiger partial charge is 0.462 e. The van der Waals surface area contributed by atoms with Crippen molar-refractivity contribution in [3.63, 3.8) is 0 Å². The van der Waals surface area contributed by atoms with Crippen molar-refractivity contribution >= 4 is 12.6 Å². The first-order chi connectivity index (χ1) is 10.3. The maximum absolute atomic E-state index is 5.79. The average Bonchev–Trinajstić information content (AvgIpc) is 3.04. The van der Waals surface area contributed by atoms with Gasteiger partial charge < -0.3 is 9.47 Å². The second kappa shape index (κ2) is 6.49. The fourth-order valence-electron chi connectivity index (χ4n) is 2.39. The topological polar surface area (TPSA) is 49.2 Å². The van der Waals surface area contributed by atoms with Gasteiger partial charge in [0.1, 0.15) is 6.33 Å². The summed E-state index contributed by atoms with van der Waals surface area (Å²) in [5.41, 5.74) is 1.04. The van der Waals surface area contributed by atoms with Crippen LogP contribution in [-0.4, -0.2) is 40.3 Å². The molecule has 2 aromatic rings. The molecule has 112 valence electrons. The van der Waals surface area contributed by atoms with Crippen LogP contribution in [-0.2, 0) is 4.74 Å². The number of thiol groups is 1. The number of benzene rings is 1. The van der Waals surface area contributed by atoms with Gasteiger partial charge in [0, 0.05) is 18.6 Å². The lowest BCUT2D eigenvalue weighted by Gasteiger charge is -2.34. The highest BCUT2D eigenvalue weighted by Gasteiger charge is 2.32. The van der Waals surface area contributed by atoms with Gasteiger partial charge >= 0.3 is 6.01 Å². The Balaban J connectivity index is 1.65. The van der Waals surface area contributed by atoms with E-state index >= 15 is 0 Å². The fourth-order valence-corrected chi connectivity index (χ4v) is 2.80. The van der Waals surface area contributed by atoms with Gasteiger partial charge in [-0.1, -0.05) is 18.2 Å². The lowest BCUT2D eigenvalue weighted by molar-refractivity contribution is 0.00137. The third kappa shape index (κ3) is 3.39. The van der Waals surface area contributed by atoms with Crippen LogP contribution in [0.25, 0.3) is 5.69 Å². The Bertz CT molecular complexity index is 567. The molecule has 6 heteroatoms. The Morgan fingerprint density at radius 2 is 2.00 bits per heavy atom. The third-order valence-electron chi connectivity index (χ3n) is 3.89. The van der Waals surface area contributed by atoms with E-state index in [2.05, 4.69) is 22.7 Å². The van der Waals surface area contributed by atoms with Gasteiger partial charge in [0.25, 0.3) is 0 Å². The molecule has 0 aliphatic carbocycles. The van der Waals surface area contributed by atoms with Crippen molar-refractivity contribution in [2.45, 2.75) is 12.8 Å². The summed E-state index contributed by atoms with van der Waals surface area (Å²) in [6.45, 7) is 2.13. The van der Waals surface area contributed by atoms with Crippen LogP contribution in [0.3, 0.4) is 0 Å². The summed E-state index contributed by atoms with van der Waals surface area (Å²) < 4.78 is 12.9. The summed E-state index contributed by atoms with van der Waals surface area (Å²) >= 11 is 4.48. The van der Waals surface area contributed by atoms with E-state index in [1.165, 1.54) is 0 Å². The zero-order valence-corrected chi connectivity index (χ0v) is 12.7. The van der Waals surface area contributed by atoms with Gasteiger partial charge in [0.15, 0.2) is 0 Å². The lowest BCUT2D eigenvalue weighted by Crippen LogP contribution is -2.37. The fraction of sp³-hybridized carbons (Fsp3) is 0.467. The maximum Gasteiger partial charge on any atom is 0.335 e. The predicted octanol–water partition coefficient (Wildman–Crippen LogP) is 2.37. The predicted molar refractivity (Wildman–Crippen MR) is 83.2 cm³/mol. The number of hydrogen-bond donors (Lipinski definition) is 1. The number of rotatable bonds is 5. The van der Waals surface area contributed by atoms with Crippen LogP contribution < -0.4 is 4.74 Å². The standard InChI is InChI=1S/C15H19N3O2S/c21-11-15(6-8-19-9-7-15)10-20-14-16-12-18(17-14)13-4-2-1-3-5-13/h1-5,12,21H,6-11H2. The highest BCUT2D eigenvalue weighted by Crippen LogP contribution is 2.32. The van der Waals surface area contributed by atoms with Gasteiger partial charge in [-0.2, -0.15) is 17.6 Å². The minimum Gasteiger partial charge on any atom is -0.462 e. The third-order valence-corrected chi connectivity index (χ3v) is 4.56. The molecule has 1 saturated heterocycles. The van der Waals surface area contributed by atoms with E-state index in [1.54, 1.807) is 11.0 Å². The molecule has 1 aromatic heterocycles.